The third-order valence-corrected chi connectivity index (χ3v) is 3.40. The molecule has 1 saturated heterocycles. The number of rotatable bonds is 9. The molecule has 0 aliphatic carbocycles. The van der Waals surface area contributed by atoms with Crippen LogP contribution < -0.4 is 5.32 Å². The first-order valence-electron chi connectivity index (χ1n) is 6.74. The number of hydrogen-bond acceptors (Lipinski definition) is 4. The topological polar surface area (TPSA) is 33.7 Å². The first kappa shape index (κ1) is 14.9. The van der Waals surface area contributed by atoms with E-state index in [0.717, 1.165) is 32.8 Å². The highest BCUT2D eigenvalue weighted by molar-refractivity contribution is 4.82. The summed E-state index contributed by atoms with van der Waals surface area (Å²) in [5.41, 5.74) is 0. The van der Waals surface area contributed by atoms with Gasteiger partial charge in [0.1, 0.15) is 0 Å². The highest BCUT2D eigenvalue weighted by Crippen LogP contribution is 2.18. The molecule has 0 aromatic rings. The highest BCUT2D eigenvalue weighted by Gasteiger charge is 2.27. The molecule has 17 heavy (non-hydrogen) atoms. The number of ether oxygens (including phenoxy) is 2. The van der Waals surface area contributed by atoms with E-state index in [2.05, 4.69) is 17.1 Å². The van der Waals surface area contributed by atoms with Gasteiger partial charge in [-0.05, 0) is 31.8 Å². The molecule has 2 atom stereocenters. The van der Waals surface area contributed by atoms with E-state index >= 15 is 0 Å². The lowest BCUT2D eigenvalue weighted by molar-refractivity contribution is 0.0952. The summed E-state index contributed by atoms with van der Waals surface area (Å²) < 4.78 is 10.6. The van der Waals surface area contributed by atoms with E-state index in [1.54, 1.807) is 14.2 Å². The molecular formula is C13H28N2O2. The Labute approximate surface area is 106 Å². The largest absolute Gasteiger partial charge is 0.384 e. The van der Waals surface area contributed by atoms with Gasteiger partial charge in [-0.2, -0.15) is 0 Å². The van der Waals surface area contributed by atoms with Crippen molar-refractivity contribution in [1.82, 2.24) is 10.2 Å². The predicted molar refractivity (Wildman–Crippen MR) is 70.4 cm³/mol. The van der Waals surface area contributed by atoms with Gasteiger partial charge in [-0.25, -0.2) is 0 Å². The lowest BCUT2D eigenvalue weighted by Crippen LogP contribution is -2.44. The SMILES string of the molecule is CCCNCC(COC)N1CCC(COC)C1. The molecule has 1 heterocycles. The third kappa shape index (κ3) is 5.34. The van der Waals surface area contributed by atoms with E-state index in [-0.39, 0.29) is 0 Å². The van der Waals surface area contributed by atoms with E-state index in [0.29, 0.717) is 12.0 Å². The van der Waals surface area contributed by atoms with Crippen molar-refractivity contribution in [1.29, 1.82) is 0 Å². The van der Waals surface area contributed by atoms with Crippen molar-refractivity contribution in [3.8, 4) is 0 Å². The van der Waals surface area contributed by atoms with Crippen LogP contribution in [0.4, 0.5) is 0 Å². The molecule has 2 unspecified atom stereocenters. The second kappa shape index (κ2) is 8.86. The molecule has 1 aliphatic heterocycles. The van der Waals surface area contributed by atoms with Crippen molar-refractivity contribution >= 4 is 0 Å². The fourth-order valence-electron chi connectivity index (χ4n) is 2.50. The van der Waals surface area contributed by atoms with Crippen molar-refractivity contribution in [3.63, 3.8) is 0 Å². The molecule has 1 fully saturated rings. The number of nitrogens with zero attached hydrogens (tertiary/aromatic N) is 1. The lowest BCUT2D eigenvalue weighted by atomic mass is 10.1. The van der Waals surface area contributed by atoms with Gasteiger partial charge in [-0.15, -0.1) is 0 Å². The van der Waals surface area contributed by atoms with E-state index in [1.165, 1.54) is 19.4 Å². The van der Waals surface area contributed by atoms with Crippen LogP contribution in [0.3, 0.4) is 0 Å². The Morgan fingerprint density at radius 2 is 2.18 bits per heavy atom. The number of likely N-dealkylation sites (tertiary alicyclic amines) is 1. The van der Waals surface area contributed by atoms with Crippen LogP contribution in [-0.4, -0.2) is 64.6 Å². The van der Waals surface area contributed by atoms with Crippen molar-refractivity contribution in [2.75, 3.05) is 53.6 Å². The predicted octanol–water partition coefficient (Wildman–Crippen LogP) is 0.969. The lowest BCUT2D eigenvalue weighted by Gasteiger charge is -2.27. The zero-order valence-electron chi connectivity index (χ0n) is 11.6. The van der Waals surface area contributed by atoms with Crippen LogP contribution in [0.2, 0.25) is 0 Å². The summed E-state index contributed by atoms with van der Waals surface area (Å²) in [6.45, 7) is 8.35. The fourth-order valence-corrected chi connectivity index (χ4v) is 2.50. The molecule has 0 amide bonds. The molecule has 0 bridgehead atoms. The Balaban J connectivity index is 2.31. The monoisotopic (exact) mass is 244 g/mol. The second-order valence-electron chi connectivity index (χ2n) is 4.92. The third-order valence-electron chi connectivity index (χ3n) is 3.40. The van der Waals surface area contributed by atoms with Gasteiger partial charge in [0.25, 0.3) is 0 Å². The first-order valence-corrected chi connectivity index (χ1v) is 6.74. The fraction of sp³-hybridized carbons (Fsp3) is 1.00. The molecular weight excluding hydrogens is 216 g/mol. The minimum Gasteiger partial charge on any atom is -0.384 e. The molecule has 4 nitrogen and oxygen atoms in total. The van der Waals surface area contributed by atoms with Crippen LogP contribution >= 0.6 is 0 Å². The van der Waals surface area contributed by atoms with Crippen molar-refractivity contribution < 1.29 is 9.47 Å². The van der Waals surface area contributed by atoms with Crippen molar-refractivity contribution in [3.05, 3.63) is 0 Å². The Morgan fingerprint density at radius 1 is 1.35 bits per heavy atom. The minimum atomic E-state index is 0.508. The summed E-state index contributed by atoms with van der Waals surface area (Å²) in [4.78, 5) is 2.54. The Morgan fingerprint density at radius 3 is 2.82 bits per heavy atom. The zero-order chi connectivity index (χ0) is 12.5. The van der Waals surface area contributed by atoms with Crippen LogP contribution in [0, 0.1) is 5.92 Å². The molecule has 4 heteroatoms. The van der Waals surface area contributed by atoms with Gasteiger partial charge < -0.3 is 14.8 Å². The molecule has 1 aliphatic rings. The van der Waals surface area contributed by atoms with Crippen LogP contribution in [-0.2, 0) is 9.47 Å². The molecule has 0 saturated carbocycles. The standard InChI is InChI=1S/C13H28N2O2/c1-4-6-14-8-13(11-17-3)15-7-5-12(9-15)10-16-2/h12-14H,4-11H2,1-3H3. The Hall–Kier alpha value is -0.160. The molecule has 0 radical (unpaired) electrons. The molecule has 1 N–H and O–H groups in total. The summed E-state index contributed by atoms with van der Waals surface area (Å²) in [7, 11) is 3.58. The summed E-state index contributed by atoms with van der Waals surface area (Å²) >= 11 is 0. The molecule has 0 spiro atoms. The summed E-state index contributed by atoms with van der Waals surface area (Å²) in [6, 6.07) is 0.508. The van der Waals surface area contributed by atoms with Gasteiger partial charge in [-0.1, -0.05) is 6.92 Å². The van der Waals surface area contributed by atoms with Crippen LogP contribution in [0.15, 0.2) is 0 Å². The van der Waals surface area contributed by atoms with Gasteiger partial charge in [-0.3, -0.25) is 4.90 Å². The number of nitrogens with one attached hydrogen (secondary N) is 1. The molecule has 0 aromatic carbocycles. The molecule has 102 valence electrons. The van der Waals surface area contributed by atoms with Gasteiger partial charge in [0.15, 0.2) is 0 Å². The maximum atomic E-state index is 5.33. The van der Waals surface area contributed by atoms with E-state index in [1.807, 2.05) is 0 Å². The Bertz CT molecular complexity index is 190. The van der Waals surface area contributed by atoms with Gasteiger partial charge in [0.05, 0.1) is 13.2 Å². The molecule has 1 rings (SSSR count). The number of hydrogen-bond donors (Lipinski definition) is 1. The van der Waals surface area contributed by atoms with Crippen LogP contribution in [0.25, 0.3) is 0 Å². The van der Waals surface area contributed by atoms with Gasteiger partial charge >= 0.3 is 0 Å². The van der Waals surface area contributed by atoms with E-state index < -0.39 is 0 Å². The quantitative estimate of drug-likeness (QED) is 0.613. The van der Waals surface area contributed by atoms with E-state index in [4.69, 9.17) is 9.47 Å². The average molecular weight is 244 g/mol. The van der Waals surface area contributed by atoms with Crippen molar-refractivity contribution in [2.24, 2.45) is 5.92 Å². The molecule has 0 aromatic heterocycles. The Kier molecular flexibility index (Phi) is 7.77. The summed E-state index contributed by atoms with van der Waals surface area (Å²) in [6.07, 6.45) is 2.44. The highest BCUT2D eigenvalue weighted by atomic mass is 16.5. The number of methoxy groups -OCH3 is 2. The normalized spacial score (nSPS) is 23.1. The second-order valence-corrected chi connectivity index (χ2v) is 4.92. The van der Waals surface area contributed by atoms with Gasteiger partial charge in [0.2, 0.25) is 0 Å². The smallest absolute Gasteiger partial charge is 0.0630 e. The van der Waals surface area contributed by atoms with E-state index in [9.17, 15) is 0 Å². The van der Waals surface area contributed by atoms with Crippen LogP contribution in [0.5, 0.6) is 0 Å². The van der Waals surface area contributed by atoms with Gasteiger partial charge in [0, 0.05) is 33.4 Å². The first-order chi connectivity index (χ1) is 8.31. The van der Waals surface area contributed by atoms with Crippen LogP contribution in [0.1, 0.15) is 19.8 Å². The summed E-state index contributed by atoms with van der Waals surface area (Å²) in [5, 5.41) is 3.49. The average Bonchev–Trinajstić information content (AvgIpc) is 2.77. The minimum absolute atomic E-state index is 0.508. The maximum absolute atomic E-state index is 5.33. The van der Waals surface area contributed by atoms with Crippen molar-refractivity contribution in [2.45, 2.75) is 25.8 Å². The summed E-state index contributed by atoms with van der Waals surface area (Å²) in [5.74, 6) is 0.700. The zero-order valence-corrected chi connectivity index (χ0v) is 11.6. The maximum Gasteiger partial charge on any atom is 0.0630 e.